The van der Waals surface area contributed by atoms with Crippen molar-refractivity contribution in [3.8, 4) is 0 Å². The van der Waals surface area contributed by atoms with Gasteiger partial charge in [0, 0.05) is 13.1 Å². The van der Waals surface area contributed by atoms with Gasteiger partial charge in [0.25, 0.3) is 5.91 Å². The average molecular weight is 275 g/mol. The molecule has 0 spiro atoms. The topological polar surface area (TPSA) is 83.0 Å². The molecule has 0 fully saturated rings. The Hall–Kier alpha value is -2.46. The molecule has 0 unspecified atom stereocenters. The van der Waals surface area contributed by atoms with E-state index in [9.17, 15) is 9.59 Å². The standard InChI is InChI=1S/C14H17N3O3/c1-4-17(5-2)13(18)11-9-7-6-8-10(11)12(16-15)14(19)20-3/h6-9H,4-5H2,1-3H3. The molecule has 1 rings (SSSR count). The summed E-state index contributed by atoms with van der Waals surface area (Å²) in [6, 6.07) is 6.47. The van der Waals surface area contributed by atoms with E-state index < -0.39 is 5.97 Å². The van der Waals surface area contributed by atoms with E-state index in [4.69, 9.17) is 5.53 Å². The van der Waals surface area contributed by atoms with Gasteiger partial charge in [0.05, 0.1) is 18.2 Å². The van der Waals surface area contributed by atoms with Crippen LogP contribution in [0.3, 0.4) is 0 Å². The van der Waals surface area contributed by atoms with Crippen LogP contribution in [0, 0.1) is 0 Å². The van der Waals surface area contributed by atoms with Crippen molar-refractivity contribution >= 4 is 17.6 Å². The summed E-state index contributed by atoms with van der Waals surface area (Å²) in [6.07, 6.45) is 0. The number of benzene rings is 1. The zero-order chi connectivity index (χ0) is 15.1. The number of rotatable bonds is 5. The van der Waals surface area contributed by atoms with Gasteiger partial charge in [-0.3, -0.25) is 4.79 Å². The van der Waals surface area contributed by atoms with Crippen molar-refractivity contribution in [1.29, 1.82) is 0 Å². The van der Waals surface area contributed by atoms with E-state index in [1.165, 1.54) is 7.11 Å². The maximum atomic E-state index is 12.4. The highest BCUT2D eigenvalue weighted by atomic mass is 16.5. The van der Waals surface area contributed by atoms with Crippen LogP contribution in [0.2, 0.25) is 0 Å². The molecule has 1 amide bonds. The number of esters is 1. The summed E-state index contributed by atoms with van der Waals surface area (Å²) in [7, 11) is 1.18. The highest BCUT2D eigenvalue weighted by Gasteiger charge is 2.29. The summed E-state index contributed by atoms with van der Waals surface area (Å²) < 4.78 is 4.55. The van der Waals surface area contributed by atoms with Gasteiger partial charge in [-0.2, -0.15) is 4.79 Å². The van der Waals surface area contributed by atoms with Crippen molar-refractivity contribution in [2.24, 2.45) is 0 Å². The Morgan fingerprint density at radius 1 is 1.20 bits per heavy atom. The number of ether oxygens (including phenoxy) is 1. The minimum atomic E-state index is -0.799. The monoisotopic (exact) mass is 275 g/mol. The van der Waals surface area contributed by atoms with Gasteiger partial charge in [-0.05, 0) is 26.0 Å². The lowest BCUT2D eigenvalue weighted by molar-refractivity contribution is -0.137. The molecule has 0 aliphatic rings. The van der Waals surface area contributed by atoms with Crippen LogP contribution in [0.15, 0.2) is 24.3 Å². The van der Waals surface area contributed by atoms with Crippen molar-refractivity contribution in [3.05, 3.63) is 40.9 Å². The fraction of sp³-hybridized carbons (Fsp3) is 0.357. The number of carbonyl (C=O) groups is 2. The first-order valence-corrected chi connectivity index (χ1v) is 6.29. The van der Waals surface area contributed by atoms with Crippen LogP contribution in [-0.2, 0) is 9.53 Å². The van der Waals surface area contributed by atoms with Crippen molar-refractivity contribution in [2.75, 3.05) is 20.2 Å². The van der Waals surface area contributed by atoms with Gasteiger partial charge in [0.15, 0.2) is 0 Å². The maximum Gasteiger partial charge on any atom is 0.422 e. The molecule has 0 aliphatic heterocycles. The van der Waals surface area contributed by atoms with E-state index in [1.54, 1.807) is 29.2 Å². The summed E-state index contributed by atoms with van der Waals surface area (Å²) in [5, 5.41) is 0. The van der Waals surface area contributed by atoms with Gasteiger partial charge >= 0.3 is 11.7 Å². The molecule has 1 aromatic rings. The summed E-state index contributed by atoms with van der Waals surface area (Å²) in [6.45, 7) is 4.83. The van der Waals surface area contributed by atoms with Crippen LogP contribution >= 0.6 is 0 Å². The minimum Gasteiger partial charge on any atom is -0.460 e. The number of methoxy groups -OCH3 is 1. The molecular weight excluding hydrogens is 258 g/mol. The maximum absolute atomic E-state index is 12.4. The first-order chi connectivity index (χ1) is 9.60. The van der Waals surface area contributed by atoms with Crippen LogP contribution in [0.1, 0.15) is 29.8 Å². The third-order valence-corrected chi connectivity index (χ3v) is 2.94. The molecule has 0 saturated carbocycles. The first-order valence-electron chi connectivity index (χ1n) is 6.29. The summed E-state index contributed by atoms with van der Waals surface area (Å²) >= 11 is 0. The first kappa shape index (κ1) is 15.6. The Kier molecular flexibility index (Phi) is 5.62. The Balaban J connectivity index is 3.34. The molecule has 0 heterocycles. The second kappa shape index (κ2) is 7.21. The number of carbonyl (C=O) groups excluding carboxylic acids is 2. The van der Waals surface area contributed by atoms with Crippen molar-refractivity contribution < 1.29 is 19.1 Å². The Labute approximate surface area is 117 Å². The van der Waals surface area contributed by atoms with Crippen molar-refractivity contribution in [2.45, 2.75) is 13.8 Å². The Bertz CT molecular complexity index is 559. The molecule has 0 aromatic heterocycles. The molecule has 1 aromatic carbocycles. The summed E-state index contributed by atoms with van der Waals surface area (Å²) in [5.74, 6) is -1.03. The molecule has 0 saturated heterocycles. The van der Waals surface area contributed by atoms with E-state index in [0.29, 0.717) is 18.7 Å². The predicted molar refractivity (Wildman–Crippen MR) is 73.4 cm³/mol. The van der Waals surface area contributed by atoms with Gasteiger partial charge < -0.3 is 15.2 Å². The number of nitrogens with zero attached hydrogens (tertiary/aromatic N) is 3. The minimum absolute atomic E-state index is 0.226. The van der Waals surface area contributed by atoms with Crippen molar-refractivity contribution in [1.82, 2.24) is 4.90 Å². The molecule has 0 atom stereocenters. The molecule has 6 nitrogen and oxygen atoms in total. The Morgan fingerprint density at radius 3 is 2.20 bits per heavy atom. The third-order valence-electron chi connectivity index (χ3n) is 2.94. The molecule has 0 N–H and O–H groups in total. The van der Waals surface area contributed by atoms with Crippen LogP contribution in [0.5, 0.6) is 0 Å². The highest BCUT2D eigenvalue weighted by molar-refractivity contribution is 6.42. The fourth-order valence-corrected chi connectivity index (χ4v) is 1.86. The van der Waals surface area contributed by atoms with Crippen LogP contribution < -0.4 is 0 Å². The predicted octanol–water partition coefficient (Wildman–Crippen LogP) is 1.36. The second-order valence-electron chi connectivity index (χ2n) is 3.96. The zero-order valence-electron chi connectivity index (χ0n) is 11.8. The molecule has 0 radical (unpaired) electrons. The van der Waals surface area contributed by atoms with E-state index in [2.05, 4.69) is 9.53 Å². The van der Waals surface area contributed by atoms with Gasteiger partial charge in [-0.1, -0.05) is 12.1 Å². The van der Waals surface area contributed by atoms with Gasteiger partial charge in [-0.15, -0.1) is 0 Å². The molecular formula is C14H17N3O3. The van der Waals surface area contributed by atoms with Gasteiger partial charge in [-0.25, -0.2) is 4.79 Å². The summed E-state index contributed by atoms with van der Waals surface area (Å²) in [5.41, 5.74) is 9.26. The van der Waals surface area contributed by atoms with Crippen LogP contribution in [0.4, 0.5) is 0 Å². The molecule has 20 heavy (non-hydrogen) atoms. The van der Waals surface area contributed by atoms with Gasteiger partial charge in [0.2, 0.25) is 0 Å². The second-order valence-corrected chi connectivity index (χ2v) is 3.96. The summed E-state index contributed by atoms with van der Waals surface area (Å²) in [4.78, 5) is 28.6. The van der Waals surface area contributed by atoms with E-state index >= 15 is 0 Å². The Morgan fingerprint density at radius 2 is 1.75 bits per heavy atom. The van der Waals surface area contributed by atoms with E-state index in [0.717, 1.165) is 0 Å². The number of hydrogen-bond acceptors (Lipinski definition) is 3. The third kappa shape index (κ3) is 3.10. The lowest BCUT2D eigenvalue weighted by Crippen LogP contribution is -2.32. The van der Waals surface area contributed by atoms with E-state index in [1.807, 2.05) is 13.8 Å². The molecule has 6 heteroatoms. The van der Waals surface area contributed by atoms with Crippen molar-refractivity contribution in [3.63, 3.8) is 0 Å². The lowest BCUT2D eigenvalue weighted by atomic mass is 10.0. The highest BCUT2D eigenvalue weighted by Crippen LogP contribution is 2.13. The van der Waals surface area contributed by atoms with E-state index in [-0.39, 0.29) is 17.2 Å². The van der Waals surface area contributed by atoms with Crippen LogP contribution in [0.25, 0.3) is 5.53 Å². The number of hydrogen-bond donors (Lipinski definition) is 0. The lowest BCUT2D eigenvalue weighted by Gasteiger charge is -2.19. The molecule has 106 valence electrons. The molecule has 0 aliphatic carbocycles. The SMILES string of the molecule is CCN(CC)C(=O)c1ccccc1C(=[N+]=[N-])C(=O)OC. The fourth-order valence-electron chi connectivity index (χ4n) is 1.86. The smallest absolute Gasteiger partial charge is 0.422 e. The number of amides is 1. The van der Waals surface area contributed by atoms with Gasteiger partial charge in [0.1, 0.15) is 0 Å². The zero-order valence-corrected chi connectivity index (χ0v) is 11.8. The quantitative estimate of drug-likeness (QED) is 0.352. The average Bonchev–Trinajstić information content (AvgIpc) is 2.49. The normalized spacial score (nSPS) is 9.55. The van der Waals surface area contributed by atoms with Crippen LogP contribution in [-0.4, -0.2) is 47.5 Å². The largest absolute Gasteiger partial charge is 0.460 e. The molecule has 0 bridgehead atoms.